The van der Waals surface area contributed by atoms with Crippen LogP contribution in [0.1, 0.15) is 32.3 Å². The van der Waals surface area contributed by atoms with Crippen LogP contribution in [0.3, 0.4) is 0 Å². The fraction of sp³-hybridized carbons (Fsp3) is 0.233. The zero-order valence-corrected chi connectivity index (χ0v) is 21.6. The highest BCUT2D eigenvalue weighted by Gasteiger charge is 2.45. The highest BCUT2D eigenvalue weighted by atomic mass is 32.2. The number of nitrogens with one attached hydrogen (secondary N) is 1. The Balaban J connectivity index is 1.53. The molecule has 1 aliphatic heterocycles. The van der Waals surface area contributed by atoms with Crippen LogP contribution in [0.5, 0.6) is 0 Å². The van der Waals surface area contributed by atoms with Gasteiger partial charge in [0.1, 0.15) is 6.54 Å². The van der Waals surface area contributed by atoms with E-state index in [-0.39, 0.29) is 5.41 Å². The molecule has 36 heavy (non-hydrogen) atoms. The van der Waals surface area contributed by atoms with E-state index in [2.05, 4.69) is 87.7 Å². The molecule has 186 valence electrons. The predicted molar refractivity (Wildman–Crippen MR) is 151 cm³/mol. The monoisotopic (exact) mass is 501 g/mol. The number of hydrogen-bond acceptors (Lipinski definition) is 5. The van der Waals surface area contributed by atoms with Gasteiger partial charge in [0.25, 0.3) is 0 Å². The molecule has 0 aromatic heterocycles. The number of nitrogens with zero attached hydrogens (tertiary/aromatic N) is 1. The number of fused-ring (bicyclic) bond motifs is 3. The van der Waals surface area contributed by atoms with Gasteiger partial charge in [0, 0.05) is 53.8 Å². The lowest BCUT2D eigenvalue weighted by atomic mass is 9.79. The molecule has 0 spiro atoms. The summed E-state index contributed by atoms with van der Waals surface area (Å²) in [4.78, 5) is 0. The van der Waals surface area contributed by atoms with Gasteiger partial charge in [0.2, 0.25) is 5.69 Å². The van der Waals surface area contributed by atoms with E-state index in [4.69, 9.17) is 5.26 Å². The fourth-order valence-electron chi connectivity index (χ4n) is 4.77. The van der Waals surface area contributed by atoms with Gasteiger partial charge in [-0.1, -0.05) is 65.7 Å². The Labute approximate surface area is 217 Å². The SMILES string of the molecule is CC1(C)C(/C=C/C=C/C=C/Nc2ccccc2)=[N+](CCCCSOOO)c2ccc3ccccc3c21. The van der Waals surface area contributed by atoms with Crippen molar-refractivity contribution in [2.75, 3.05) is 17.6 Å². The van der Waals surface area contributed by atoms with E-state index in [1.807, 2.05) is 48.7 Å². The van der Waals surface area contributed by atoms with Crippen LogP contribution < -0.4 is 5.32 Å². The van der Waals surface area contributed by atoms with Crippen molar-refractivity contribution in [3.05, 3.63) is 109 Å². The van der Waals surface area contributed by atoms with Crippen LogP contribution in [0.2, 0.25) is 0 Å². The molecule has 0 fully saturated rings. The quantitative estimate of drug-likeness (QED) is 0.0662. The molecule has 0 unspecified atom stereocenters. The first-order valence-corrected chi connectivity index (χ1v) is 13.1. The third-order valence-corrected chi connectivity index (χ3v) is 7.01. The molecule has 0 saturated carbocycles. The van der Waals surface area contributed by atoms with E-state index in [9.17, 15) is 0 Å². The van der Waals surface area contributed by atoms with Gasteiger partial charge in [-0.3, -0.25) is 0 Å². The number of unbranched alkanes of at least 4 members (excludes halogenated alkanes) is 1. The fourth-order valence-corrected chi connectivity index (χ4v) is 5.21. The number of hydrogen-bond donors (Lipinski definition) is 2. The van der Waals surface area contributed by atoms with Crippen LogP contribution in [0.4, 0.5) is 11.4 Å². The summed E-state index contributed by atoms with van der Waals surface area (Å²) in [7, 11) is 0. The summed E-state index contributed by atoms with van der Waals surface area (Å²) < 4.78 is 6.96. The van der Waals surface area contributed by atoms with E-state index in [0.717, 1.165) is 42.9 Å². The van der Waals surface area contributed by atoms with E-state index in [1.165, 1.54) is 27.7 Å². The molecule has 4 rings (SSSR count). The summed E-state index contributed by atoms with van der Waals surface area (Å²) in [6, 6.07) is 23.2. The Kier molecular flexibility index (Phi) is 9.14. The van der Waals surface area contributed by atoms with E-state index >= 15 is 0 Å². The van der Waals surface area contributed by atoms with Crippen LogP contribution in [0.15, 0.2) is 103 Å². The number of anilines is 1. The Bertz CT molecular complexity index is 1280. The van der Waals surface area contributed by atoms with Crippen molar-refractivity contribution in [1.82, 2.24) is 0 Å². The summed E-state index contributed by atoms with van der Waals surface area (Å²) in [5.41, 5.74) is 4.87. The van der Waals surface area contributed by atoms with Crippen molar-refractivity contribution in [1.29, 1.82) is 0 Å². The average molecular weight is 502 g/mol. The van der Waals surface area contributed by atoms with Crippen LogP contribution in [-0.2, 0) is 14.8 Å². The minimum atomic E-state index is -0.131. The van der Waals surface area contributed by atoms with Crippen LogP contribution in [0.25, 0.3) is 10.8 Å². The van der Waals surface area contributed by atoms with Crippen molar-refractivity contribution in [3.8, 4) is 0 Å². The van der Waals surface area contributed by atoms with Crippen LogP contribution in [0, 0.1) is 0 Å². The van der Waals surface area contributed by atoms with Gasteiger partial charge in [-0.05, 0) is 55.3 Å². The molecule has 0 bridgehead atoms. The van der Waals surface area contributed by atoms with Gasteiger partial charge >= 0.3 is 0 Å². The van der Waals surface area contributed by atoms with Crippen LogP contribution in [-0.4, -0.2) is 27.8 Å². The lowest BCUT2D eigenvalue weighted by Crippen LogP contribution is -2.28. The third-order valence-electron chi connectivity index (χ3n) is 6.40. The van der Waals surface area contributed by atoms with Gasteiger partial charge in [-0.25, -0.2) is 5.26 Å². The minimum absolute atomic E-state index is 0.131. The van der Waals surface area contributed by atoms with Gasteiger partial charge in [-0.2, -0.15) is 4.58 Å². The third kappa shape index (κ3) is 6.15. The summed E-state index contributed by atoms with van der Waals surface area (Å²) in [6.07, 6.45) is 14.3. The molecule has 0 atom stereocenters. The number of rotatable bonds is 12. The molecular formula is C30H33N2O3S+. The zero-order valence-electron chi connectivity index (χ0n) is 20.8. The number of para-hydroxylation sites is 1. The van der Waals surface area contributed by atoms with Crippen molar-refractivity contribution in [2.45, 2.75) is 32.1 Å². The Morgan fingerprint density at radius 1 is 0.917 bits per heavy atom. The van der Waals surface area contributed by atoms with Crippen molar-refractivity contribution in [2.24, 2.45) is 0 Å². The molecular weight excluding hydrogens is 468 g/mol. The summed E-state index contributed by atoms with van der Waals surface area (Å²) in [5, 5.41) is 17.8. The molecule has 1 aliphatic rings. The largest absolute Gasteiger partial charge is 0.362 e. The highest BCUT2D eigenvalue weighted by molar-refractivity contribution is 7.94. The highest BCUT2D eigenvalue weighted by Crippen LogP contribution is 2.44. The van der Waals surface area contributed by atoms with Crippen molar-refractivity contribution >= 4 is 39.9 Å². The Morgan fingerprint density at radius 3 is 2.53 bits per heavy atom. The average Bonchev–Trinajstić information content (AvgIpc) is 3.12. The minimum Gasteiger partial charge on any atom is -0.362 e. The van der Waals surface area contributed by atoms with Crippen molar-refractivity contribution in [3.63, 3.8) is 0 Å². The normalized spacial score (nSPS) is 15.1. The first-order chi connectivity index (χ1) is 17.6. The molecule has 0 radical (unpaired) electrons. The smallest absolute Gasteiger partial charge is 0.210 e. The maximum Gasteiger partial charge on any atom is 0.210 e. The van der Waals surface area contributed by atoms with Gasteiger partial charge in [-0.15, -0.1) is 4.33 Å². The Morgan fingerprint density at radius 2 is 1.69 bits per heavy atom. The molecule has 6 heteroatoms. The first-order valence-electron chi connectivity index (χ1n) is 12.2. The van der Waals surface area contributed by atoms with E-state index in [1.54, 1.807) is 0 Å². The van der Waals surface area contributed by atoms with Crippen molar-refractivity contribution < 1.29 is 19.2 Å². The molecule has 1 heterocycles. The molecule has 0 saturated heterocycles. The molecule has 3 aromatic rings. The second kappa shape index (κ2) is 12.7. The van der Waals surface area contributed by atoms with Gasteiger partial charge < -0.3 is 5.32 Å². The first kappa shape index (κ1) is 25.9. The second-order valence-electron chi connectivity index (χ2n) is 9.13. The van der Waals surface area contributed by atoms with E-state index < -0.39 is 0 Å². The molecule has 0 amide bonds. The topological polar surface area (TPSA) is 53.7 Å². The van der Waals surface area contributed by atoms with Crippen LogP contribution >= 0.6 is 12.0 Å². The maximum absolute atomic E-state index is 8.31. The standard InChI is InChI=1S/C30H32N2O3S/c1-30(2)28(18-8-3-4-11-21-31-25-15-6-5-7-16-25)32(22-12-13-23-36-35-34-33)27-20-19-24-14-9-10-17-26(24)29(27)30/h3-11,14-21,33H,12-13,22-23H2,1-2H3/p+1. The summed E-state index contributed by atoms with van der Waals surface area (Å²) in [6.45, 7) is 5.53. The van der Waals surface area contributed by atoms with Gasteiger partial charge in [0.05, 0.1) is 5.41 Å². The van der Waals surface area contributed by atoms with E-state index in [0.29, 0.717) is 0 Å². The molecule has 2 N–H and O–H groups in total. The molecule has 5 nitrogen and oxygen atoms in total. The predicted octanol–water partition coefficient (Wildman–Crippen LogP) is 7.80. The number of allylic oxidation sites excluding steroid dienone is 5. The lowest BCUT2D eigenvalue weighted by molar-refractivity contribution is -0.438. The zero-order chi connectivity index (χ0) is 25.2. The summed E-state index contributed by atoms with van der Waals surface area (Å²) in [5.74, 6) is 0.750. The Hall–Kier alpha value is -3.16. The van der Waals surface area contributed by atoms with Gasteiger partial charge in [0.15, 0.2) is 5.71 Å². The number of benzene rings is 3. The lowest BCUT2D eigenvalue weighted by Gasteiger charge is -2.17. The summed E-state index contributed by atoms with van der Waals surface area (Å²) >= 11 is 1.11. The maximum atomic E-state index is 8.31. The second-order valence-corrected chi connectivity index (χ2v) is 9.91. The molecule has 3 aromatic carbocycles. The molecule has 0 aliphatic carbocycles.